The van der Waals surface area contributed by atoms with Crippen LogP contribution >= 0.6 is 0 Å². The van der Waals surface area contributed by atoms with Gasteiger partial charge < -0.3 is 15.0 Å². The normalized spacial score (nSPS) is 21.4. The van der Waals surface area contributed by atoms with Crippen LogP contribution in [0.4, 0.5) is 0 Å². The molecule has 2 unspecified atom stereocenters. The molecule has 1 aromatic carbocycles. The molecule has 1 heterocycles. The molecule has 0 saturated heterocycles. The van der Waals surface area contributed by atoms with Crippen molar-refractivity contribution in [2.45, 2.75) is 59.2 Å². The Bertz CT molecular complexity index is 808. The lowest BCUT2D eigenvalue weighted by Gasteiger charge is -2.34. The van der Waals surface area contributed by atoms with E-state index in [0.717, 1.165) is 36.1 Å². The number of carbonyl (C=O) groups excluding carboxylic acids is 1. The lowest BCUT2D eigenvalue weighted by atomic mass is 9.80. The molecule has 25 heavy (non-hydrogen) atoms. The van der Waals surface area contributed by atoms with Gasteiger partial charge in [0.05, 0.1) is 24.1 Å². The number of aromatic nitrogens is 2. The quantitative estimate of drug-likeness (QED) is 0.644. The third-order valence-electron chi connectivity index (χ3n) is 5.29. The van der Waals surface area contributed by atoms with Crippen LogP contribution in [0.5, 0.6) is 0 Å². The zero-order valence-corrected chi connectivity index (χ0v) is 15.3. The first kappa shape index (κ1) is 17.7. The average Bonchev–Trinajstić information content (AvgIpc) is 3.15. The molecule has 0 amide bonds. The van der Waals surface area contributed by atoms with Crippen molar-refractivity contribution < 1.29 is 9.53 Å². The number of nitrogens with two attached hydrogens (primary N) is 1. The van der Waals surface area contributed by atoms with Gasteiger partial charge in [-0.1, -0.05) is 37.6 Å². The minimum Gasteiger partial charge on any atom is -0.460 e. The molecule has 3 rings (SSSR count). The van der Waals surface area contributed by atoms with Gasteiger partial charge in [-0.3, -0.25) is 4.79 Å². The van der Waals surface area contributed by atoms with E-state index in [1.165, 1.54) is 12.5 Å². The number of allylic oxidation sites excluding steroid dienone is 2. The zero-order chi connectivity index (χ0) is 18.0. The van der Waals surface area contributed by atoms with Crippen LogP contribution in [0, 0.1) is 5.41 Å². The fourth-order valence-corrected chi connectivity index (χ4v) is 3.81. The van der Waals surface area contributed by atoms with E-state index in [9.17, 15) is 4.79 Å². The summed E-state index contributed by atoms with van der Waals surface area (Å²) >= 11 is 0. The molecule has 0 fully saturated rings. The summed E-state index contributed by atoms with van der Waals surface area (Å²) in [7, 11) is 0. The molecule has 5 nitrogen and oxygen atoms in total. The molecule has 134 valence electrons. The first-order valence-electron chi connectivity index (χ1n) is 8.96. The highest BCUT2D eigenvalue weighted by molar-refractivity contribution is 5.76. The molecular weight excluding hydrogens is 314 g/mol. The second-order valence-electron chi connectivity index (χ2n) is 7.18. The van der Waals surface area contributed by atoms with Crippen LogP contribution in [0.1, 0.15) is 45.9 Å². The minimum absolute atomic E-state index is 0.0890. The molecule has 1 aromatic heterocycles. The molecule has 5 heteroatoms. The van der Waals surface area contributed by atoms with Crippen LogP contribution in [-0.2, 0) is 22.6 Å². The number of fused-ring (bicyclic) bond motifs is 1. The number of para-hydroxylation sites is 2. The molecular formula is C20H27N3O2. The molecule has 2 N–H and O–H groups in total. The van der Waals surface area contributed by atoms with Gasteiger partial charge in [-0.05, 0) is 31.4 Å². The number of ether oxygens (including phenoxy) is 1. The van der Waals surface area contributed by atoms with Crippen LogP contribution in [0.15, 0.2) is 35.9 Å². The Morgan fingerprint density at radius 2 is 2.20 bits per heavy atom. The number of benzene rings is 1. The first-order valence-corrected chi connectivity index (χ1v) is 8.96. The lowest BCUT2D eigenvalue weighted by molar-refractivity contribution is -0.154. The Kier molecular flexibility index (Phi) is 4.95. The molecule has 0 aliphatic heterocycles. The Hall–Kier alpha value is -2.14. The molecule has 1 aliphatic rings. The molecule has 1 aliphatic carbocycles. The number of imidazole rings is 1. The van der Waals surface area contributed by atoms with Crippen molar-refractivity contribution in [2.24, 2.45) is 11.1 Å². The van der Waals surface area contributed by atoms with Crippen LogP contribution < -0.4 is 5.73 Å². The van der Waals surface area contributed by atoms with Crippen LogP contribution in [0.25, 0.3) is 11.0 Å². The number of rotatable bonds is 6. The summed E-state index contributed by atoms with van der Waals surface area (Å²) in [5, 5.41) is 0. The van der Waals surface area contributed by atoms with E-state index in [1.807, 2.05) is 24.3 Å². The predicted molar refractivity (Wildman–Crippen MR) is 98.9 cm³/mol. The van der Waals surface area contributed by atoms with Gasteiger partial charge in [0.2, 0.25) is 0 Å². The molecule has 0 saturated carbocycles. The Morgan fingerprint density at radius 3 is 2.84 bits per heavy atom. The maximum atomic E-state index is 11.8. The second kappa shape index (κ2) is 7.00. The monoisotopic (exact) mass is 341 g/mol. The highest BCUT2D eigenvalue weighted by Gasteiger charge is 2.40. The fraction of sp³-hybridized carbons (Fsp3) is 0.500. The maximum absolute atomic E-state index is 11.8. The van der Waals surface area contributed by atoms with Gasteiger partial charge in [-0.25, -0.2) is 4.98 Å². The van der Waals surface area contributed by atoms with Crippen molar-refractivity contribution in [1.82, 2.24) is 9.55 Å². The summed E-state index contributed by atoms with van der Waals surface area (Å²) in [5.74, 6) is 0.582. The van der Waals surface area contributed by atoms with E-state index in [2.05, 4.69) is 29.5 Å². The van der Waals surface area contributed by atoms with Crippen LogP contribution in [-0.4, -0.2) is 21.6 Å². The summed E-state index contributed by atoms with van der Waals surface area (Å²) in [6.45, 7) is 6.80. The smallest absolute Gasteiger partial charge is 0.302 e. The van der Waals surface area contributed by atoms with Crippen LogP contribution in [0.3, 0.4) is 0 Å². The maximum Gasteiger partial charge on any atom is 0.302 e. The van der Waals surface area contributed by atoms with Crippen LogP contribution in [0.2, 0.25) is 0 Å². The minimum atomic E-state index is -0.241. The topological polar surface area (TPSA) is 70.1 Å². The van der Waals surface area contributed by atoms with Crippen molar-refractivity contribution in [1.29, 1.82) is 0 Å². The average molecular weight is 341 g/mol. The van der Waals surface area contributed by atoms with Gasteiger partial charge in [-0.2, -0.15) is 0 Å². The molecule has 2 atom stereocenters. The van der Waals surface area contributed by atoms with Gasteiger partial charge in [0.1, 0.15) is 11.9 Å². The van der Waals surface area contributed by atoms with E-state index < -0.39 is 0 Å². The van der Waals surface area contributed by atoms with Gasteiger partial charge in [0.25, 0.3) is 0 Å². The summed E-state index contributed by atoms with van der Waals surface area (Å²) < 4.78 is 7.90. The lowest BCUT2D eigenvalue weighted by Crippen LogP contribution is -2.38. The number of hydrogen-bond donors (Lipinski definition) is 1. The van der Waals surface area contributed by atoms with E-state index in [1.54, 1.807) is 0 Å². The fourth-order valence-electron chi connectivity index (χ4n) is 3.81. The second-order valence-corrected chi connectivity index (χ2v) is 7.18. The number of carbonyl (C=O) groups is 1. The molecule has 0 radical (unpaired) electrons. The van der Waals surface area contributed by atoms with Crippen molar-refractivity contribution in [3.63, 3.8) is 0 Å². The third kappa shape index (κ3) is 3.47. The van der Waals surface area contributed by atoms with Crippen molar-refractivity contribution in [3.8, 4) is 0 Å². The van der Waals surface area contributed by atoms with Gasteiger partial charge in [0.15, 0.2) is 0 Å². The predicted octanol–water partition coefficient (Wildman–Crippen LogP) is 3.56. The Balaban J connectivity index is 1.95. The number of hydrogen-bond acceptors (Lipinski definition) is 4. The summed E-state index contributed by atoms with van der Waals surface area (Å²) in [5.41, 5.74) is 9.23. The SMILES string of the molecule is CCC1=CCC(C)(C(Cn2c(CN)nc3ccccc32)OC(C)=O)C1. The third-order valence-corrected chi connectivity index (χ3v) is 5.29. The largest absolute Gasteiger partial charge is 0.460 e. The van der Waals surface area contributed by atoms with Gasteiger partial charge in [-0.15, -0.1) is 0 Å². The van der Waals surface area contributed by atoms with Crippen molar-refractivity contribution in [3.05, 3.63) is 41.7 Å². The van der Waals surface area contributed by atoms with Crippen molar-refractivity contribution in [2.75, 3.05) is 0 Å². The Labute approximate surface area is 148 Å². The van der Waals surface area contributed by atoms with E-state index in [0.29, 0.717) is 13.1 Å². The van der Waals surface area contributed by atoms with Crippen molar-refractivity contribution >= 4 is 17.0 Å². The molecule has 0 spiro atoms. The van der Waals surface area contributed by atoms with E-state index >= 15 is 0 Å². The van der Waals surface area contributed by atoms with Gasteiger partial charge in [0, 0.05) is 12.3 Å². The number of nitrogens with zero attached hydrogens (tertiary/aromatic N) is 2. The number of esters is 1. The molecule has 0 bridgehead atoms. The highest BCUT2D eigenvalue weighted by atomic mass is 16.5. The van der Waals surface area contributed by atoms with E-state index in [-0.39, 0.29) is 17.5 Å². The van der Waals surface area contributed by atoms with Gasteiger partial charge >= 0.3 is 5.97 Å². The Morgan fingerprint density at radius 1 is 1.44 bits per heavy atom. The summed E-state index contributed by atoms with van der Waals surface area (Å²) in [6.07, 6.45) is 5.02. The summed E-state index contributed by atoms with van der Waals surface area (Å²) in [4.78, 5) is 16.4. The highest BCUT2D eigenvalue weighted by Crippen LogP contribution is 2.43. The van der Waals surface area contributed by atoms with E-state index in [4.69, 9.17) is 10.5 Å². The zero-order valence-electron chi connectivity index (χ0n) is 15.3. The standard InChI is InChI=1S/C20H27N3O2/c1-4-15-9-10-20(3,11-15)18(25-14(2)24)13-23-17-8-6-5-7-16(17)22-19(23)12-21/h5-9,18H,4,10-13,21H2,1-3H3. The summed E-state index contributed by atoms with van der Waals surface area (Å²) in [6, 6.07) is 7.99. The first-order chi connectivity index (χ1) is 12.0. The molecule has 2 aromatic rings.